The second-order valence-corrected chi connectivity index (χ2v) is 8.59. The van der Waals surface area contributed by atoms with Crippen LogP contribution in [-0.4, -0.2) is 44.6 Å². The number of carbonyl (C=O) groups excluding carboxylic acids is 1. The van der Waals surface area contributed by atoms with Crippen molar-refractivity contribution in [1.82, 2.24) is 14.8 Å². The van der Waals surface area contributed by atoms with Gasteiger partial charge in [-0.25, -0.2) is 13.1 Å². The summed E-state index contributed by atoms with van der Waals surface area (Å²) in [7, 11) is -2.28. The summed E-state index contributed by atoms with van der Waals surface area (Å²) in [6, 6.07) is 11.6. The number of sulfonamides is 1. The molecule has 29 heavy (non-hydrogen) atoms. The van der Waals surface area contributed by atoms with Crippen molar-refractivity contribution in [2.24, 2.45) is 0 Å². The Morgan fingerprint density at radius 1 is 1.21 bits per heavy atom. The Morgan fingerprint density at radius 3 is 2.72 bits per heavy atom. The van der Waals surface area contributed by atoms with Crippen molar-refractivity contribution in [1.29, 1.82) is 0 Å². The first kappa shape index (κ1) is 19.4. The van der Waals surface area contributed by atoms with E-state index in [1.54, 1.807) is 17.0 Å². The highest BCUT2D eigenvalue weighted by Crippen LogP contribution is 2.25. The number of ether oxygens (including phenoxy) is 1. The minimum Gasteiger partial charge on any atom is -0.496 e. The van der Waals surface area contributed by atoms with Gasteiger partial charge in [-0.05, 0) is 37.1 Å². The molecule has 2 heterocycles. The zero-order valence-corrected chi connectivity index (χ0v) is 16.7. The van der Waals surface area contributed by atoms with Gasteiger partial charge in [-0.2, -0.15) is 0 Å². The molecule has 1 N–H and O–H groups in total. The number of benzene rings is 2. The molecular formula is C20H21N3O5S. The Balaban J connectivity index is 1.61. The molecule has 2 aromatic carbocycles. The van der Waals surface area contributed by atoms with Crippen LogP contribution in [0.5, 0.6) is 5.75 Å². The Morgan fingerprint density at radius 2 is 1.97 bits per heavy atom. The van der Waals surface area contributed by atoms with Crippen molar-refractivity contribution in [2.45, 2.75) is 24.3 Å². The van der Waals surface area contributed by atoms with Gasteiger partial charge in [0.05, 0.1) is 17.4 Å². The number of carbonyl (C=O) groups is 1. The van der Waals surface area contributed by atoms with E-state index in [1.165, 1.54) is 25.3 Å². The molecule has 0 spiro atoms. The smallest absolute Gasteiger partial charge is 0.276 e. The molecule has 1 amide bonds. The number of amides is 1. The van der Waals surface area contributed by atoms with Crippen LogP contribution < -0.4 is 9.46 Å². The topological polar surface area (TPSA) is 102 Å². The van der Waals surface area contributed by atoms with Crippen molar-refractivity contribution in [3.8, 4) is 5.75 Å². The highest BCUT2D eigenvalue weighted by atomic mass is 32.2. The average Bonchev–Trinajstić information content (AvgIpc) is 3.41. The van der Waals surface area contributed by atoms with Gasteiger partial charge in [0, 0.05) is 25.2 Å². The summed E-state index contributed by atoms with van der Waals surface area (Å²) in [4.78, 5) is 14.4. The Labute approximate surface area is 168 Å². The number of aromatic nitrogens is 1. The van der Waals surface area contributed by atoms with Gasteiger partial charge >= 0.3 is 0 Å². The van der Waals surface area contributed by atoms with E-state index in [0.29, 0.717) is 29.8 Å². The van der Waals surface area contributed by atoms with Gasteiger partial charge in [0.25, 0.3) is 5.91 Å². The van der Waals surface area contributed by atoms with E-state index < -0.39 is 10.0 Å². The fraction of sp³-hybridized carbons (Fsp3) is 0.300. The number of para-hydroxylation sites is 1. The first-order valence-electron chi connectivity index (χ1n) is 9.30. The second kappa shape index (κ2) is 7.84. The van der Waals surface area contributed by atoms with Crippen molar-refractivity contribution >= 4 is 26.9 Å². The average molecular weight is 415 g/mol. The minimum atomic E-state index is -3.81. The number of hydrogen-bond donors (Lipinski definition) is 1. The van der Waals surface area contributed by atoms with Crippen LogP contribution in [0.15, 0.2) is 51.9 Å². The SMILES string of the molecule is COc1ccccc1CNS(=O)(=O)c1ccc2onc(C(=O)N3CCCC3)c2c1. The quantitative estimate of drug-likeness (QED) is 0.664. The van der Waals surface area contributed by atoms with E-state index in [2.05, 4.69) is 9.88 Å². The summed E-state index contributed by atoms with van der Waals surface area (Å²) in [5, 5.41) is 4.27. The lowest BCUT2D eigenvalue weighted by Crippen LogP contribution is -2.28. The minimum absolute atomic E-state index is 0.0403. The second-order valence-electron chi connectivity index (χ2n) is 6.82. The number of nitrogens with one attached hydrogen (secondary N) is 1. The maximum Gasteiger partial charge on any atom is 0.276 e. The Kier molecular flexibility index (Phi) is 5.25. The van der Waals surface area contributed by atoms with E-state index >= 15 is 0 Å². The van der Waals surface area contributed by atoms with Gasteiger partial charge in [0.2, 0.25) is 10.0 Å². The zero-order valence-electron chi connectivity index (χ0n) is 15.9. The molecule has 3 aromatic rings. The van der Waals surface area contributed by atoms with Crippen molar-refractivity contribution < 1.29 is 22.5 Å². The van der Waals surface area contributed by atoms with Crippen LogP contribution >= 0.6 is 0 Å². The Hall–Kier alpha value is -2.91. The van der Waals surface area contributed by atoms with Crippen LogP contribution in [0.2, 0.25) is 0 Å². The first-order valence-corrected chi connectivity index (χ1v) is 10.8. The fourth-order valence-electron chi connectivity index (χ4n) is 3.41. The van der Waals surface area contributed by atoms with Gasteiger partial charge in [0.15, 0.2) is 11.3 Å². The molecule has 0 atom stereocenters. The molecule has 0 aliphatic carbocycles. The number of rotatable bonds is 6. The van der Waals surface area contributed by atoms with Gasteiger partial charge in [-0.15, -0.1) is 0 Å². The summed E-state index contributed by atoms with van der Waals surface area (Å²) in [6.07, 6.45) is 1.90. The summed E-state index contributed by atoms with van der Waals surface area (Å²) >= 11 is 0. The third kappa shape index (κ3) is 3.83. The van der Waals surface area contributed by atoms with E-state index in [0.717, 1.165) is 18.4 Å². The van der Waals surface area contributed by atoms with E-state index in [9.17, 15) is 13.2 Å². The molecule has 9 heteroatoms. The summed E-state index contributed by atoms with van der Waals surface area (Å²) < 4.78 is 38.7. The number of methoxy groups -OCH3 is 1. The van der Waals surface area contributed by atoms with Crippen LogP contribution in [0.3, 0.4) is 0 Å². The first-order chi connectivity index (χ1) is 14.0. The number of nitrogens with zero attached hydrogens (tertiary/aromatic N) is 2. The highest BCUT2D eigenvalue weighted by Gasteiger charge is 2.26. The molecule has 0 saturated carbocycles. The van der Waals surface area contributed by atoms with E-state index in [4.69, 9.17) is 9.26 Å². The molecule has 152 valence electrons. The molecule has 1 saturated heterocycles. The molecule has 0 bridgehead atoms. The molecule has 1 aliphatic heterocycles. The third-order valence-electron chi connectivity index (χ3n) is 4.99. The van der Waals surface area contributed by atoms with Crippen molar-refractivity contribution in [3.05, 3.63) is 53.7 Å². The molecule has 4 rings (SSSR count). The van der Waals surface area contributed by atoms with Crippen LogP contribution in [-0.2, 0) is 16.6 Å². The van der Waals surface area contributed by atoms with Gasteiger partial charge in [-0.1, -0.05) is 23.4 Å². The van der Waals surface area contributed by atoms with Crippen molar-refractivity contribution in [2.75, 3.05) is 20.2 Å². The van der Waals surface area contributed by atoms with Gasteiger partial charge < -0.3 is 14.2 Å². The van der Waals surface area contributed by atoms with E-state index in [1.807, 2.05) is 12.1 Å². The Bertz CT molecular complexity index is 1150. The van der Waals surface area contributed by atoms with Crippen LogP contribution in [0.25, 0.3) is 11.0 Å². The highest BCUT2D eigenvalue weighted by molar-refractivity contribution is 7.89. The number of hydrogen-bond acceptors (Lipinski definition) is 6. The summed E-state index contributed by atoms with van der Waals surface area (Å²) in [5.74, 6) is 0.362. The lowest BCUT2D eigenvalue weighted by Gasteiger charge is -2.13. The standard InChI is InChI=1S/C20H21N3O5S/c1-27-17-7-3-2-6-14(17)13-21-29(25,26)15-8-9-18-16(12-15)19(22-28-18)20(24)23-10-4-5-11-23/h2-3,6-9,12,21H,4-5,10-11,13H2,1H3. The largest absolute Gasteiger partial charge is 0.496 e. The number of likely N-dealkylation sites (tertiary alicyclic amines) is 1. The summed E-state index contributed by atoms with van der Waals surface area (Å²) in [6.45, 7) is 1.42. The van der Waals surface area contributed by atoms with Crippen LogP contribution in [0, 0.1) is 0 Å². The molecule has 0 radical (unpaired) electrons. The fourth-order valence-corrected chi connectivity index (χ4v) is 4.45. The normalized spacial score (nSPS) is 14.4. The third-order valence-corrected chi connectivity index (χ3v) is 6.39. The maximum absolute atomic E-state index is 12.8. The molecule has 8 nitrogen and oxygen atoms in total. The predicted molar refractivity (Wildman–Crippen MR) is 106 cm³/mol. The molecule has 1 aromatic heterocycles. The predicted octanol–water partition coefficient (Wildman–Crippen LogP) is 2.55. The number of fused-ring (bicyclic) bond motifs is 1. The van der Waals surface area contributed by atoms with Gasteiger partial charge in [0.1, 0.15) is 5.75 Å². The summed E-state index contributed by atoms with van der Waals surface area (Å²) in [5.41, 5.74) is 1.23. The zero-order chi connectivity index (χ0) is 20.4. The van der Waals surface area contributed by atoms with E-state index in [-0.39, 0.29) is 23.0 Å². The maximum atomic E-state index is 12.8. The molecule has 1 fully saturated rings. The van der Waals surface area contributed by atoms with Crippen LogP contribution in [0.4, 0.5) is 0 Å². The molecule has 0 unspecified atom stereocenters. The van der Waals surface area contributed by atoms with Crippen molar-refractivity contribution in [3.63, 3.8) is 0 Å². The monoisotopic (exact) mass is 415 g/mol. The lowest BCUT2D eigenvalue weighted by atomic mass is 10.2. The molecular weight excluding hydrogens is 394 g/mol. The van der Waals surface area contributed by atoms with Gasteiger partial charge in [-0.3, -0.25) is 4.79 Å². The lowest BCUT2D eigenvalue weighted by molar-refractivity contribution is 0.0784. The molecule has 1 aliphatic rings. The van der Waals surface area contributed by atoms with Crippen LogP contribution in [0.1, 0.15) is 28.9 Å².